The molecule has 3 rings (SSSR count). The van der Waals surface area contributed by atoms with E-state index in [1.54, 1.807) is 29.1 Å². The summed E-state index contributed by atoms with van der Waals surface area (Å²) in [6.07, 6.45) is -3.14. The topological polar surface area (TPSA) is 64.7 Å². The number of carbonyl (C=O) groups is 1. The molecule has 0 aliphatic heterocycles. The Morgan fingerprint density at radius 1 is 1.21 bits per heavy atom. The minimum Gasteiger partial charge on any atom is -0.322 e. The molecule has 1 aromatic carbocycles. The van der Waals surface area contributed by atoms with Crippen molar-refractivity contribution in [2.75, 3.05) is 5.32 Å². The summed E-state index contributed by atoms with van der Waals surface area (Å²) < 4.78 is 54.0. The van der Waals surface area contributed by atoms with Crippen LogP contribution in [0, 0.1) is 0 Å². The number of rotatable bonds is 7. The average Bonchev–Trinajstić information content (AvgIpc) is 3.28. The van der Waals surface area contributed by atoms with Gasteiger partial charge in [0.2, 0.25) is 5.91 Å². The van der Waals surface area contributed by atoms with Gasteiger partial charge < -0.3 is 5.32 Å². The molecule has 0 fully saturated rings. The molecule has 0 radical (unpaired) electrons. The zero-order valence-electron chi connectivity index (χ0n) is 15.1. The lowest BCUT2D eigenvalue weighted by atomic mass is 10.2. The zero-order valence-corrected chi connectivity index (χ0v) is 15.8. The van der Waals surface area contributed by atoms with Crippen molar-refractivity contribution in [1.82, 2.24) is 19.6 Å². The molecule has 0 aliphatic carbocycles. The van der Waals surface area contributed by atoms with Gasteiger partial charge in [0, 0.05) is 11.2 Å². The van der Waals surface area contributed by atoms with Gasteiger partial charge in [-0.1, -0.05) is 23.7 Å². The molecular formula is C18H16ClF4N5O. The van der Waals surface area contributed by atoms with Crippen LogP contribution in [0.3, 0.4) is 0 Å². The van der Waals surface area contributed by atoms with Gasteiger partial charge in [-0.3, -0.25) is 14.2 Å². The Kier molecular flexibility index (Phi) is 6.21. The third kappa shape index (κ3) is 4.94. The van der Waals surface area contributed by atoms with Crippen LogP contribution in [0.4, 0.5) is 23.2 Å². The number of nitrogens with zero attached hydrogens (tertiary/aromatic N) is 4. The SMILES string of the molecule is CC(C(=O)Nc1cnn(Cc2cccc(Cl)c2)c1)n1nc(C(F)F)cc1C(F)F. The van der Waals surface area contributed by atoms with Crippen LogP contribution >= 0.6 is 11.6 Å². The number of amides is 1. The van der Waals surface area contributed by atoms with E-state index in [1.807, 2.05) is 6.07 Å². The molecule has 11 heteroatoms. The molecule has 0 bridgehead atoms. The van der Waals surface area contributed by atoms with Crippen molar-refractivity contribution in [2.24, 2.45) is 0 Å². The Morgan fingerprint density at radius 2 is 1.97 bits per heavy atom. The largest absolute Gasteiger partial charge is 0.322 e. The highest BCUT2D eigenvalue weighted by Crippen LogP contribution is 2.27. The molecule has 0 aliphatic rings. The van der Waals surface area contributed by atoms with E-state index in [0.717, 1.165) is 5.56 Å². The summed E-state index contributed by atoms with van der Waals surface area (Å²) >= 11 is 5.94. The van der Waals surface area contributed by atoms with Crippen LogP contribution in [0.1, 0.15) is 42.8 Å². The third-order valence-electron chi connectivity index (χ3n) is 4.11. The molecule has 1 atom stereocenters. The van der Waals surface area contributed by atoms with Gasteiger partial charge in [0.15, 0.2) is 0 Å². The molecule has 0 saturated carbocycles. The number of halogens is 5. The maximum absolute atomic E-state index is 13.1. The molecule has 1 amide bonds. The lowest BCUT2D eigenvalue weighted by Gasteiger charge is -2.14. The fourth-order valence-corrected chi connectivity index (χ4v) is 2.92. The van der Waals surface area contributed by atoms with E-state index in [1.165, 1.54) is 13.1 Å². The zero-order chi connectivity index (χ0) is 21.1. The smallest absolute Gasteiger partial charge is 0.282 e. The molecule has 0 spiro atoms. The Labute approximate surface area is 168 Å². The molecule has 2 heterocycles. The molecule has 6 nitrogen and oxygen atoms in total. The van der Waals surface area contributed by atoms with Gasteiger partial charge in [-0.05, 0) is 30.7 Å². The second kappa shape index (κ2) is 8.64. The van der Waals surface area contributed by atoms with Crippen LogP contribution < -0.4 is 5.32 Å². The fourth-order valence-electron chi connectivity index (χ4n) is 2.70. The maximum Gasteiger partial charge on any atom is 0.282 e. The van der Waals surface area contributed by atoms with Crippen LogP contribution in [0.15, 0.2) is 42.7 Å². The van der Waals surface area contributed by atoms with E-state index in [2.05, 4.69) is 15.5 Å². The van der Waals surface area contributed by atoms with Crippen LogP contribution in [0.5, 0.6) is 0 Å². The minimum atomic E-state index is -3.05. The first-order valence-corrected chi connectivity index (χ1v) is 8.85. The molecule has 3 aromatic rings. The van der Waals surface area contributed by atoms with E-state index in [0.29, 0.717) is 28.0 Å². The van der Waals surface area contributed by atoms with Gasteiger partial charge in [0.1, 0.15) is 17.4 Å². The highest BCUT2D eigenvalue weighted by atomic mass is 35.5. The Bertz CT molecular complexity index is 1000. The number of carbonyl (C=O) groups excluding carboxylic acids is 1. The second-order valence-corrected chi connectivity index (χ2v) is 6.70. The van der Waals surface area contributed by atoms with Crippen molar-refractivity contribution in [3.8, 4) is 0 Å². The van der Waals surface area contributed by atoms with E-state index in [-0.39, 0.29) is 0 Å². The number of benzene rings is 1. The standard InChI is InChI=1S/C18H16ClF4N5O/c1-10(28-15(17(22)23)6-14(26-28)16(20)21)18(29)25-13-7-24-27(9-13)8-11-3-2-4-12(19)5-11/h2-7,9-10,16-17H,8H2,1H3,(H,25,29). The van der Waals surface area contributed by atoms with Crippen LogP contribution in [-0.2, 0) is 11.3 Å². The lowest BCUT2D eigenvalue weighted by molar-refractivity contribution is -0.119. The van der Waals surface area contributed by atoms with Gasteiger partial charge in [0.25, 0.3) is 12.9 Å². The summed E-state index contributed by atoms with van der Waals surface area (Å²) in [6, 6.07) is 6.53. The third-order valence-corrected chi connectivity index (χ3v) is 4.35. The number of anilines is 1. The number of alkyl halides is 4. The predicted octanol–water partition coefficient (Wildman–Crippen LogP) is 4.86. The van der Waals surface area contributed by atoms with Crippen molar-refractivity contribution in [2.45, 2.75) is 32.4 Å². The first kappa shape index (κ1) is 20.8. The molecule has 29 heavy (non-hydrogen) atoms. The van der Waals surface area contributed by atoms with Crippen LogP contribution in [-0.4, -0.2) is 25.5 Å². The highest BCUT2D eigenvalue weighted by molar-refractivity contribution is 6.30. The van der Waals surface area contributed by atoms with E-state index in [9.17, 15) is 22.4 Å². The normalized spacial score (nSPS) is 12.6. The summed E-state index contributed by atoms with van der Waals surface area (Å²) in [7, 11) is 0. The average molecular weight is 430 g/mol. The fraction of sp³-hybridized carbons (Fsp3) is 0.278. The molecular weight excluding hydrogens is 414 g/mol. The number of hydrogen-bond donors (Lipinski definition) is 1. The van der Waals surface area contributed by atoms with Crippen LogP contribution in [0.2, 0.25) is 5.02 Å². The Hall–Kier alpha value is -2.88. The Morgan fingerprint density at radius 3 is 2.62 bits per heavy atom. The lowest BCUT2D eigenvalue weighted by Crippen LogP contribution is -2.25. The van der Waals surface area contributed by atoms with Crippen molar-refractivity contribution in [3.05, 3.63) is 64.7 Å². The molecule has 2 aromatic heterocycles. The summed E-state index contributed by atoms with van der Waals surface area (Å²) in [6.45, 7) is 1.69. The number of aromatic nitrogens is 4. The quantitative estimate of drug-likeness (QED) is 0.546. The maximum atomic E-state index is 13.1. The molecule has 0 saturated heterocycles. The van der Waals surface area contributed by atoms with Crippen molar-refractivity contribution >= 4 is 23.2 Å². The summed E-state index contributed by atoms with van der Waals surface area (Å²) in [5, 5.41) is 10.7. The first-order valence-electron chi connectivity index (χ1n) is 8.48. The number of nitrogens with one attached hydrogen (secondary N) is 1. The van der Waals surface area contributed by atoms with Gasteiger partial charge in [-0.25, -0.2) is 17.6 Å². The summed E-state index contributed by atoms with van der Waals surface area (Å²) in [5.74, 6) is -0.696. The van der Waals surface area contributed by atoms with E-state index in [4.69, 9.17) is 11.6 Å². The Balaban J connectivity index is 1.71. The molecule has 1 unspecified atom stereocenters. The van der Waals surface area contributed by atoms with Gasteiger partial charge >= 0.3 is 0 Å². The monoisotopic (exact) mass is 429 g/mol. The van der Waals surface area contributed by atoms with Gasteiger partial charge in [-0.15, -0.1) is 0 Å². The van der Waals surface area contributed by atoms with E-state index >= 15 is 0 Å². The van der Waals surface area contributed by atoms with Crippen LogP contribution in [0.25, 0.3) is 0 Å². The summed E-state index contributed by atoms with van der Waals surface area (Å²) in [5.41, 5.74) is -0.345. The van der Waals surface area contributed by atoms with Crippen molar-refractivity contribution in [1.29, 1.82) is 0 Å². The first-order chi connectivity index (χ1) is 13.7. The van der Waals surface area contributed by atoms with Gasteiger partial charge in [0.05, 0.1) is 18.4 Å². The second-order valence-electron chi connectivity index (χ2n) is 6.26. The molecule has 154 valence electrons. The van der Waals surface area contributed by atoms with Crippen molar-refractivity contribution in [3.63, 3.8) is 0 Å². The van der Waals surface area contributed by atoms with Crippen molar-refractivity contribution < 1.29 is 22.4 Å². The van der Waals surface area contributed by atoms with Gasteiger partial charge in [-0.2, -0.15) is 10.2 Å². The minimum absolute atomic E-state index is 0.323. The molecule has 1 N–H and O–H groups in total. The van der Waals surface area contributed by atoms with E-state index < -0.39 is 36.2 Å². The predicted molar refractivity (Wildman–Crippen MR) is 98.3 cm³/mol. The highest BCUT2D eigenvalue weighted by Gasteiger charge is 2.27. The number of hydrogen-bond acceptors (Lipinski definition) is 3. The summed E-state index contributed by atoms with van der Waals surface area (Å²) in [4.78, 5) is 12.4.